The van der Waals surface area contributed by atoms with Crippen molar-refractivity contribution in [2.24, 2.45) is 0 Å². The van der Waals surface area contributed by atoms with Gasteiger partial charge in [-0.05, 0) is 47.0 Å². The van der Waals surface area contributed by atoms with Gasteiger partial charge in [0.25, 0.3) is 0 Å². The first kappa shape index (κ1) is 17.9. The molecule has 114 valence electrons. The molecular weight excluding hydrogens is 427 g/mol. The molecule has 0 aliphatic heterocycles. The molecule has 1 N–H and O–H groups in total. The molecule has 0 fully saturated rings. The molecule has 0 aliphatic carbocycles. The third-order valence-electron chi connectivity index (χ3n) is 2.43. The van der Waals surface area contributed by atoms with E-state index in [0.717, 1.165) is 5.56 Å². The lowest BCUT2D eigenvalue weighted by Crippen LogP contribution is -2.26. The fraction of sp³-hybridized carbons (Fsp3) is 0.455. The molecule has 0 radical (unpaired) electrons. The van der Waals surface area contributed by atoms with Gasteiger partial charge in [-0.1, -0.05) is 15.9 Å². The van der Waals surface area contributed by atoms with E-state index in [-0.39, 0.29) is 17.9 Å². The van der Waals surface area contributed by atoms with E-state index in [4.69, 9.17) is 0 Å². The van der Waals surface area contributed by atoms with Crippen LogP contribution in [0.3, 0.4) is 0 Å². The Hall–Kier alpha value is -0.120. The number of halogens is 5. The van der Waals surface area contributed by atoms with Crippen LogP contribution >= 0.6 is 31.9 Å². The summed E-state index contributed by atoms with van der Waals surface area (Å²) in [6, 6.07) is 3.03. The largest absolute Gasteiger partial charge is 0.389 e. The van der Waals surface area contributed by atoms with Crippen LogP contribution in [0.5, 0.6) is 0 Å². The molecule has 1 rings (SSSR count). The van der Waals surface area contributed by atoms with Gasteiger partial charge in [0.2, 0.25) is 10.0 Å². The quantitative estimate of drug-likeness (QED) is 0.702. The van der Waals surface area contributed by atoms with Crippen LogP contribution in [0.15, 0.2) is 26.0 Å². The van der Waals surface area contributed by atoms with Gasteiger partial charge in [0, 0.05) is 21.9 Å². The summed E-state index contributed by atoms with van der Waals surface area (Å²) in [7, 11) is -3.84. The Morgan fingerprint density at radius 2 is 1.80 bits per heavy atom. The van der Waals surface area contributed by atoms with Gasteiger partial charge in [-0.15, -0.1) is 0 Å². The van der Waals surface area contributed by atoms with Gasteiger partial charge in [-0.25, -0.2) is 13.1 Å². The minimum absolute atomic E-state index is 0.0121. The van der Waals surface area contributed by atoms with Crippen molar-refractivity contribution in [1.82, 2.24) is 4.72 Å². The SMILES string of the molecule is Cc1cc(Br)c(S(=O)(=O)NCCCC(F)(F)F)cc1Br. The number of benzene rings is 1. The van der Waals surface area contributed by atoms with Gasteiger partial charge >= 0.3 is 6.18 Å². The van der Waals surface area contributed by atoms with Crippen molar-refractivity contribution in [1.29, 1.82) is 0 Å². The third-order valence-corrected chi connectivity index (χ3v) is 5.71. The van der Waals surface area contributed by atoms with Crippen molar-refractivity contribution < 1.29 is 21.6 Å². The Bertz CT molecular complexity index is 588. The summed E-state index contributed by atoms with van der Waals surface area (Å²) in [4.78, 5) is -0.0121. The van der Waals surface area contributed by atoms with Crippen LogP contribution in [-0.2, 0) is 10.0 Å². The molecule has 0 heterocycles. The Balaban J connectivity index is 2.77. The van der Waals surface area contributed by atoms with Crippen molar-refractivity contribution in [2.75, 3.05) is 6.54 Å². The summed E-state index contributed by atoms with van der Waals surface area (Å²) in [5.74, 6) is 0. The summed E-state index contributed by atoms with van der Waals surface area (Å²) in [5.41, 5.74) is 0.841. The highest BCUT2D eigenvalue weighted by Crippen LogP contribution is 2.28. The molecule has 0 unspecified atom stereocenters. The molecule has 0 amide bonds. The van der Waals surface area contributed by atoms with Gasteiger partial charge in [-0.3, -0.25) is 0 Å². The molecule has 0 atom stereocenters. The van der Waals surface area contributed by atoms with Crippen LogP contribution in [0.2, 0.25) is 0 Å². The molecule has 1 aromatic carbocycles. The van der Waals surface area contributed by atoms with Crippen molar-refractivity contribution in [3.05, 3.63) is 26.6 Å². The van der Waals surface area contributed by atoms with E-state index >= 15 is 0 Å². The second kappa shape index (κ2) is 6.76. The standard InChI is InChI=1S/C11H12Br2F3NO2S/c1-7-5-9(13)10(6-8(7)12)20(18,19)17-4-2-3-11(14,15)16/h5-6,17H,2-4H2,1H3. The van der Waals surface area contributed by atoms with Crippen LogP contribution in [0.25, 0.3) is 0 Å². The number of aryl methyl sites for hydroxylation is 1. The first-order valence-electron chi connectivity index (χ1n) is 5.55. The maximum absolute atomic E-state index is 12.0. The zero-order valence-electron chi connectivity index (χ0n) is 10.4. The van der Waals surface area contributed by atoms with E-state index < -0.39 is 22.6 Å². The van der Waals surface area contributed by atoms with E-state index in [1.165, 1.54) is 6.07 Å². The van der Waals surface area contributed by atoms with E-state index in [1.54, 1.807) is 13.0 Å². The van der Waals surface area contributed by atoms with Gasteiger partial charge in [0.05, 0.1) is 4.90 Å². The number of hydrogen-bond donors (Lipinski definition) is 1. The predicted octanol–water partition coefficient (Wildman–Crippen LogP) is 4.14. The van der Waals surface area contributed by atoms with E-state index in [9.17, 15) is 21.6 Å². The summed E-state index contributed by atoms with van der Waals surface area (Å²) in [6.07, 6.45) is -5.60. The van der Waals surface area contributed by atoms with Crippen molar-refractivity contribution in [2.45, 2.75) is 30.8 Å². The highest BCUT2D eigenvalue weighted by Gasteiger charge is 2.26. The topological polar surface area (TPSA) is 46.2 Å². The van der Waals surface area contributed by atoms with Crippen LogP contribution in [0.4, 0.5) is 13.2 Å². The van der Waals surface area contributed by atoms with Crippen LogP contribution < -0.4 is 4.72 Å². The maximum atomic E-state index is 12.0. The van der Waals surface area contributed by atoms with Gasteiger partial charge < -0.3 is 0 Å². The minimum Gasteiger partial charge on any atom is -0.211 e. The molecule has 20 heavy (non-hydrogen) atoms. The van der Waals surface area contributed by atoms with Crippen LogP contribution in [-0.4, -0.2) is 21.1 Å². The second-order valence-electron chi connectivity index (χ2n) is 4.15. The lowest BCUT2D eigenvalue weighted by Gasteiger charge is -2.11. The number of hydrogen-bond acceptors (Lipinski definition) is 2. The zero-order valence-corrected chi connectivity index (χ0v) is 14.4. The fourth-order valence-corrected chi connectivity index (χ4v) is 4.16. The minimum atomic E-state index is -4.28. The molecule has 1 aromatic rings. The average Bonchev–Trinajstić information content (AvgIpc) is 2.28. The number of alkyl halides is 3. The van der Waals surface area contributed by atoms with E-state index in [1.807, 2.05) is 0 Å². The average molecular weight is 439 g/mol. The molecule has 0 aliphatic rings. The number of sulfonamides is 1. The van der Waals surface area contributed by atoms with Gasteiger partial charge in [0.1, 0.15) is 0 Å². The Morgan fingerprint density at radius 1 is 1.20 bits per heavy atom. The van der Waals surface area contributed by atoms with Crippen LogP contribution in [0, 0.1) is 6.92 Å². The highest BCUT2D eigenvalue weighted by molar-refractivity contribution is 9.11. The molecule has 0 aromatic heterocycles. The predicted molar refractivity (Wildman–Crippen MR) is 77.1 cm³/mol. The summed E-state index contributed by atoms with van der Waals surface area (Å²) >= 11 is 6.36. The lowest BCUT2D eigenvalue weighted by molar-refractivity contribution is -0.135. The monoisotopic (exact) mass is 437 g/mol. The molecule has 9 heteroatoms. The van der Waals surface area contributed by atoms with E-state index in [0.29, 0.717) is 8.95 Å². The third kappa shape index (κ3) is 5.34. The summed E-state index contributed by atoms with van der Waals surface area (Å²) in [6.45, 7) is 1.53. The van der Waals surface area contributed by atoms with Crippen LogP contribution in [0.1, 0.15) is 18.4 Å². The summed E-state index contributed by atoms with van der Waals surface area (Å²) in [5, 5.41) is 0. The number of nitrogens with one attached hydrogen (secondary N) is 1. The molecule has 0 spiro atoms. The van der Waals surface area contributed by atoms with Crippen molar-refractivity contribution in [3.63, 3.8) is 0 Å². The molecule has 0 bridgehead atoms. The number of rotatable bonds is 5. The fourth-order valence-electron chi connectivity index (χ4n) is 1.41. The molecule has 3 nitrogen and oxygen atoms in total. The molecular formula is C11H12Br2F3NO2S. The molecule has 0 saturated carbocycles. The molecule has 0 saturated heterocycles. The van der Waals surface area contributed by atoms with Gasteiger partial charge in [0.15, 0.2) is 0 Å². The first-order valence-corrected chi connectivity index (χ1v) is 8.62. The zero-order chi connectivity index (χ0) is 15.6. The lowest BCUT2D eigenvalue weighted by atomic mass is 10.2. The Morgan fingerprint density at radius 3 is 2.35 bits per heavy atom. The Kier molecular flexibility index (Phi) is 6.06. The highest BCUT2D eigenvalue weighted by atomic mass is 79.9. The summed E-state index contributed by atoms with van der Waals surface area (Å²) < 4.78 is 63.0. The Labute approximate surface area is 132 Å². The van der Waals surface area contributed by atoms with E-state index in [2.05, 4.69) is 36.6 Å². The second-order valence-corrected chi connectivity index (χ2v) is 7.59. The first-order chi connectivity index (χ1) is 9.03. The van der Waals surface area contributed by atoms with Crippen molar-refractivity contribution >= 4 is 41.9 Å². The van der Waals surface area contributed by atoms with Crippen molar-refractivity contribution in [3.8, 4) is 0 Å². The smallest absolute Gasteiger partial charge is 0.211 e. The van der Waals surface area contributed by atoms with Gasteiger partial charge in [-0.2, -0.15) is 13.2 Å². The normalized spacial score (nSPS) is 12.7. The maximum Gasteiger partial charge on any atom is 0.389 e.